The Labute approximate surface area is 145 Å². The molecular formula is C17H25F3N3O2+. The molecule has 3 N–H and O–H groups in total. The van der Waals surface area contributed by atoms with E-state index in [0.717, 1.165) is 6.07 Å². The summed E-state index contributed by atoms with van der Waals surface area (Å²) in [5, 5.41) is 5.09. The van der Waals surface area contributed by atoms with Crippen molar-refractivity contribution in [1.82, 2.24) is 5.32 Å². The van der Waals surface area contributed by atoms with Crippen molar-refractivity contribution in [3.63, 3.8) is 0 Å². The quantitative estimate of drug-likeness (QED) is 0.719. The fourth-order valence-electron chi connectivity index (χ4n) is 2.26. The number of nitrogens with one attached hydrogen (secondary N) is 3. The number of likely N-dealkylation sites (N-methyl/N-ethyl adjacent to an activating group) is 1. The number of rotatable bonds is 6. The summed E-state index contributed by atoms with van der Waals surface area (Å²) in [4.78, 5) is 24.7. The molecule has 0 spiro atoms. The number of alkyl halides is 3. The van der Waals surface area contributed by atoms with Crippen LogP contribution in [0.25, 0.3) is 0 Å². The van der Waals surface area contributed by atoms with E-state index in [4.69, 9.17) is 0 Å². The number of hydrogen-bond donors (Lipinski definition) is 3. The first-order chi connectivity index (χ1) is 11.4. The van der Waals surface area contributed by atoms with Gasteiger partial charge in [0.1, 0.15) is 0 Å². The van der Waals surface area contributed by atoms with Crippen LogP contribution in [-0.4, -0.2) is 37.0 Å². The fourth-order valence-corrected chi connectivity index (χ4v) is 2.26. The molecule has 0 aliphatic rings. The monoisotopic (exact) mass is 360 g/mol. The maximum absolute atomic E-state index is 12.9. The summed E-state index contributed by atoms with van der Waals surface area (Å²) in [5.41, 5.74) is -1.56. The maximum Gasteiger partial charge on any atom is 0.418 e. The topological polar surface area (TPSA) is 62.6 Å². The van der Waals surface area contributed by atoms with Crippen LogP contribution >= 0.6 is 0 Å². The highest BCUT2D eigenvalue weighted by atomic mass is 19.4. The van der Waals surface area contributed by atoms with Gasteiger partial charge in [-0.15, -0.1) is 0 Å². The highest BCUT2D eigenvalue weighted by molar-refractivity contribution is 5.92. The highest BCUT2D eigenvalue weighted by Gasteiger charge is 2.33. The second-order valence-corrected chi connectivity index (χ2v) is 6.85. The van der Waals surface area contributed by atoms with E-state index in [1.807, 2.05) is 20.8 Å². The minimum Gasteiger partial charge on any atom is -0.347 e. The van der Waals surface area contributed by atoms with Gasteiger partial charge in [0.25, 0.3) is 11.8 Å². The first-order valence-electron chi connectivity index (χ1n) is 8.03. The Morgan fingerprint density at radius 3 is 2.12 bits per heavy atom. The second-order valence-electron chi connectivity index (χ2n) is 6.85. The molecule has 2 amide bonds. The van der Waals surface area contributed by atoms with Gasteiger partial charge in [-0.1, -0.05) is 12.1 Å². The van der Waals surface area contributed by atoms with Crippen molar-refractivity contribution >= 4 is 17.5 Å². The van der Waals surface area contributed by atoms with E-state index in [2.05, 4.69) is 10.6 Å². The van der Waals surface area contributed by atoms with Gasteiger partial charge < -0.3 is 15.5 Å². The van der Waals surface area contributed by atoms with E-state index in [9.17, 15) is 22.8 Å². The van der Waals surface area contributed by atoms with Gasteiger partial charge in [0.05, 0.1) is 17.8 Å². The van der Waals surface area contributed by atoms with Crippen LogP contribution in [0.1, 0.15) is 33.3 Å². The third-order valence-electron chi connectivity index (χ3n) is 3.34. The third kappa shape index (κ3) is 7.55. The van der Waals surface area contributed by atoms with Crippen molar-refractivity contribution in [3.8, 4) is 0 Å². The van der Waals surface area contributed by atoms with Crippen LogP contribution in [0.4, 0.5) is 18.9 Å². The molecule has 8 heteroatoms. The van der Waals surface area contributed by atoms with Crippen molar-refractivity contribution < 1.29 is 27.7 Å². The summed E-state index contributed by atoms with van der Waals surface area (Å²) < 4.78 is 38.8. The molecule has 1 atom stereocenters. The number of para-hydroxylation sites is 1. The molecule has 0 aliphatic heterocycles. The first kappa shape index (κ1) is 21.0. The Morgan fingerprint density at radius 1 is 1.04 bits per heavy atom. The van der Waals surface area contributed by atoms with Crippen molar-refractivity contribution in [2.24, 2.45) is 0 Å². The smallest absolute Gasteiger partial charge is 0.347 e. The van der Waals surface area contributed by atoms with Gasteiger partial charge in [-0.25, -0.2) is 0 Å². The molecule has 1 aromatic carbocycles. The SMILES string of the molecule is CC[NH+](CC(=O)Nc1ccccc1C(F)(F)F)CC(=O)NC(C)(C)C. The minimum absolute atomic E-state index is 0.0715. The molecule has 1 aromatic rings. The van der Waals surface area contributed by atoms with E-state index in [0.29, 0.717) is 11.4 Å². The average molecular weight is 360 g/mol. The molecule has 0 saturated carbocycles. The zero-order valence-electron chi connectivity index (χ0n) is 14.9. The molecule has 140 valence electrons. The Morgan fingerprint density at radius 2 is 1.60 bits per heavy atom. The van der Waals surface area contributed by atoms with Crippen LogP contribution in [0.2, 0.25) is 0 Å². The van der Waals surface area contributed by atoms with Crippen molar-refractivity contribution in [1.29, 1.82) is 0 Å². The predicted octanol–water partition coefficient (Wildman–Crippen LogP) is 1.46. The molecule has 25 heavy (non-hydrogen) atoms. The molecule has 1 rings (SSSR count). The summed E-state index contributed by atoms with van der Waals surface area (Å²) in [5.74, 6) is -0.787. The number of amides is 2. The number of benzene rings is 1. The van der Waals surface area contributed by atoms with E-state index in [-0.39, 0.29) is 30.2 Å². The van der Waals surface area contributed by atoms with E-state index in [1.165, 1.54) is 18.2 Å². The van der Waals surface area contributed by atoms with Crippen molar-refractivity contribution in [3.05, 3.63) is 29.8 Å². The van der Waals surface area contributed by atoms with E-state index >= 15 is 0 Å². The van der Waals surface area contributed by atoms with E-state index < -0.39 is 17.6 Å². The number of carbonyl (C=O) groups excluding carboxylic acids is 2. The molecule has 5 nitrogen and oxygen atoms in total. The normalized spacial score (nSPS) is 13.2. The first-order valence-corrected chi connectivity index (χ1v) is 8.03. The Bertz CT molecular complexity index is 610. The van der Waals surface area contributed by atoms with E-state index in [1.54, 1.807) is 6.92 Å². The molecule has 1 unspecified atom stereocenters. The van der Waals surface area contributed by atoms with Crippen molar-refractivity contribution in [2.75, 3.05) is 25.0 Å². The number of carbonyl (C=O) groups is 2. The molecule has 0 aliphatic carbocycles. The maximum atomic E-state index is 12.9. The number of hydrogen-bond acceptors (Lipinski definition) is 2. The number of quaternary nitrogens is 1. The molecule has 0 heterocycles. The third-order valence-corrected chi connectivity index (χ3v) is 3.34. The Kier molecular flexibility index (Phi) is 6.98. The highest BCUT2D eigenvalue weighted by Crippen LogP contribution is 2.34. The van der Waals surface area contributed by atoms with Crippen LogP contribution in [-0.2, 0) is 15.8 Å². The van der Waals surface area contributed by atoms with Gasteiger partial charge in [0, 0.05) is 5.54 Å². The summed E-state index contributed by atoms with van der Waals surface area (Å²) in [6.07, 6.45) is -4.55. The lowest BCUT2D eigenvalue weighted by Crippen LogP contribution is -3.14. The summed E-state index contributed by atoms with van der Waals surface area (Å²) >= 11 is 0. The zero-order chi connectivity index (χ0) is 19.3. The summed E-state index contributed by atoms with van der Waals surface area (Å²) in [6.45, 7) is 7.80. The molecule has 0 saturated heterocycles. The van der Waals surface area contributed by atoms with Gasteiger partial charge in [-0.05, 0) is 39.8 Å². The van der Waals surface area contributed by atoms with Crippen LogP contribution in [0, 0.1) is 0 Å². The molecule has 0 bridgehead atoms. The molecule has 0 fully saturated rings. The number of halogens is 3. The average Bonchev–Trinajstić information content (AvgIpc) is 2.43. The fraction of sp³-hybridized carbons (Fsp3) is 0.529. The predicted molar refractivity (Wildman–Crippen MR) is 89.2 cm³/mol. The Hall–Kier alpha value is -2.09. The van der Waals surface area contributed by atoms with Crippen LogP contribution in [0.15, 0.2) is 24.3 Å². The molecule has 0 radical (unpaired) electrons. The van der Waals surface area contributed by atoms with Gasteiger partial charge in [-0.3, -0.25) is 9.59 Å². The lowest BCUT2D eigenvalue weighted by Gasteiger charge is -2.23. The van der Waals surface area contributed by atoms with Gasteiger partial charge in [0.15, 0.2) is 13.1 Å². The number of anilines is 1. The van der Waals surface area contributed by atoms with Crippen molar-refractivity contribution in [2.45, 2.75) is 39.4 Å². The Balaban J connectivity index is 2.71. The van der Waals surface area contributed by atoms with Gasteiger partial charge in [0.2, 0.25) is 0 Å². The zero-order valence-corrected chi connectivity index (χ0v) is 14.9. The summed E-state index contributed by atoms with van der Waals surface area (Å²) in [7, 11) is 0. The second kappa shape index (κ2) is 8.33. The standard InChI is InChI=1S/C17H24F3N3O2/c1-5-23(11-15(25)22-16(2,3)4)10-14(24)21-13-9-7-6-8-12(13)17(18,19)20/h6-9H,5,10-11H2,1-4H3,(H,21,24)(H,22,25)/p+1. The summed E-state index contributed by atoms with van der Waals surface area (Å²) in [6, 6.07) is 4.81. The van der Waals surface area contributed by atoms with Crippen LogP contribution in [0.5, 0.6) is 0 Å². The van der Waals surface area contributed by atoms with Crippen LogP contribution in [0.3, 0.4) is 0 Å². The minimum atomic E-state index is -4.55. The lowest BCUT2D eigenvalue weighted by molar-refractivity contribution is -0.881. The largest absolute Gasteiger partial charge is 0.418 e. The lowest BCUT2D eigenvalue weighted by atomic mass is 10.1. The molecular weight excluding hydrogens is 335 g/mol. The van der Waals surface area contributed by atoms with Crippen LogP contribution < -0.4 is 15.5 Å². The van der Waals surface area contributed by atoms with Gasteiger partial charge in [-0.2, -0.15) is 13.2 Å². The van der Waals surface area contributed by atoms with Gasteiger partial charge >= 0.3 is 6.18 Å². The molecule has 0 aromatic heterocycles.